The van der Waals surface area contributed by atoms with Gasteiger partial charge in [-0.1, -0.05) is 37.3 Å². The molecule has 0 amide bonds. The van der Waals surface area contributed by atoms with E-state index in [0.29, 0.717) is 6.04 Å². The smallest absolute Gasteiger partial charge is 0.0940 e. The summed E-state index contributed by atoms with van der Waals surface area (Å²) in [4.78, 5) is 0. The molecule has 3 heteroatoms. The second kappa shape index (κ2) is 7.66. The number of rotatable bonds is 5. The van der Waals surface area contributed by atoms with Crippen LogP contribution in [0.4, 0.5) is 0 Å². The molecule has 0 aliphatic heterocycles. The van der Waals surface area contributed by atoms with Crippen LogP contribution in [0.3, 0.4) is 0 Å². The third-order valence-corrected chi connectivity index (χ3v) is 2.77. The van der Waals surface area contributed by atoms with Crippen LogP contribution >= 0.6 is 12.4 Å². The van der Waals surface area contributed by atoms with Crippen LogP contribution in [0, 0.1) is 0 Å². The lowest BCUT2D eigenvalue weighted by molar-refractivity contribution is 0.130. The first-order valence-corrected chi connectivity index (χ1v) is 5.64. The van der Waals surface area contributed by atoms with Gasteiger partial charge in [0, 0.05) is 12.1 Å². The summed E-state index contributed by atoms with van der Waals surface area (Å²) in [5.41, 5.74) is 0.973. The molecule has 2 N–H and O–H groups in total. The van der Waals surface area contributed by atoms with Crippen LogP contribution < -0.4 is 5.32 Å². The van der Waals surface area contributed by atoms with Gasteiger partial charge in [0.05, 0.1) is 6.10 Å². The van der Waals surface area contributed by atoms with Gasteiger partial charge in [0.15, 0.2) is 0 Å². The maximum atomic E-state index is 10.1. The molecule has 1 rings (SSSR count). The highest BCUT2D eigenvalue weighted by Crippen LogP contribution is 2.16. The summed E-state index contributed by atoms with van der Waals surface area (Å²) in [6.07, 6.45) is 0.645. The molecule has 1 aromatic rings. The number of benzene rings is 1. The first-order chi connectivity index (χ1) is 7.15. The van der Waals surface area contributed by atoms with Crippen molar-refractivity contribution < 1.29 is 5.11 Å². The Morgan fingerprint density at radius 1 is 1.19 bits per heavy atom. The van der Waals surface area contributed by atoms with E-state index >= 15 is 0 Å². The molecule has 0 unspecified atom stereocenters. The van der Waals surface area contributed by atoms with Crippen LogP contribution in [-0.4, -0.2) is 17.2 Å². The van der Waals surface area contributed by atoms with E-state index in [1.807, 2.05) is 37.3 Å². The minimum Gasteiger partial charge on any atom is -0.387 e. The summed E-state index contributed by atoms with van der Waals surface area (Å²) >= 11 is 0. The van der Waals surface area contributed by atoms with Gasteiger partial charge in [0.1, 0.15) is 0 Å². The zero-order valence-corrected chi connectivity index (χ0v) is 11.0. The Bertz CT molecular complexity index is 279. The molecule has 0 heterocycles. The van der Waals surface area contributed by atoms with Crippen LogP contribution in [0.2, 0.25) is 0 Å². The molecule has 16 heavy (non-hydrogen) atoms. The van der Waals surface area contributed by atoms with Crippen molar-refractivity contribution in [3.63, 3.8) is 0 Å². The van der Waals surface area contributed by atoms with E-state index in [1.54, 1.807) is 0 Å². The molecule has 0 aromatic heterocycles. The standard InChI is InChI=1S/C13H21NO.ClH/c1-4-10(2)14-11(3)13(15)12-8-6-5-7-9-12;/h5-11,13-15H,4H2,1-3H3;1H/t10-,11+,13+;/m0./s1. The van der Waals surface area contributed by atoms with Gasteiger partial charge in [-0.05, 0) is 25.8 Å². The minimum absolute atomic E-state index is 0. The third kappa shape index (κ3) is 4.52. The molecule has 2 nitrogen and oxygen atoms in total. The first-order valence-electron chi connectivity index (χ1n) is 5.64. The predicted molar refractivity (Wildman–Crippen MR) is 71.0 cm³/mol. The van der Waals surface area contributed by atoms with Gasteiger partial charge in [-0.3, -0.25) is 0 Å². The van der Waals surface area contributed by atoms with Gasteiger partial charge in [0.25, 0.3) is 0 Å². The zero-order valence-electron chi connectivity index (χ0n) is 10.2. The van der Waals surface area contributed by atoms with E-state index in [9.17, 15) is 5.11 Å². The van der Waals surface area contributed by atoms with E-state index in [4.69, 9.17) is 0 Å². The van der Waals surface area contributed by atoms with Crippen molar-refractivity contribution in [1.82, 2.24) is 5.32 Å². The SMILES string of the molecule is CC[C@H](C)N[C@H](C)[C@@H](O)c1ccccc1.Cl. The van der Waals surface area contributed by atoms with Crippen molar-refractivity contribution >= 4 is 12.4 Å². The highest BCUT2D eigenvalue weighted by atomic mass is 35.5. The monoisotopic (exact) mass is 243 g/mol. The molecule has 0 fully saturated rings. The molecule has 0 aliphatic rings. The van der Waals surface area contributed by atoms with E-state index in [1.165, 1.54) is 0 Å². The van der Waals surface area contributed by atoms with Gasteiger partial charge in [-0.15, -0.1) is 12.4 Å². The molecule has 3 atom stereocenters. The second-order valence-electron chi connectivity index (χ2n) is 4.12. The minimum atomic E-state index is -0.430. The van der Waals surface area contributed by atoms with E-state index < -0.39 is 6.10 Å². The van der Waals surface area contributed by atoms with Crippen LogP contribution in [0.25, 0.3) is 0 Å². The van der Waals surface area contributed by atoms with Crippen LogP contribution in [0.1, 0.15) is 38.9 Å². The Kier molecular flexibility index (Phi) is 7.39. The third-order valence-electron chi connectivity index (χ3n) is 2.77. The molecule has 0 saturated carbocycles. The van der Waals surface area contributed by atoms with Gasteiger partial charge in [-0.25, -0.2) is 0 Å². The molecule has 0 saturated heterocycles. The lowest BCUT2D eigenvalue weighted by Crippen LogP contribution is -2.38. The number of hydrogen-bond acceptors (Lipinski definition) is 2. The number of hydrogen-bond donors (Lipinski definition) is 2. The highest BCUT2D eigenvalue weighted by molar-refractivity contribution is 5.85. The van der Waals surface area contributed by atoms with Crippen molar-refractivity contribution in [2.45, 2.75) is 45.4 Å². The molecule has 0 aliphatic carbocycles. The van der Waals surface area contributed by atoms with Crippen molar-refractivity contribution in [3.05, 3.63) is 35.9 Å². The van der Waals surface area contributed by atoms with Crippen molar-refractivity contribution in [1.29, 1.82) is 0 Å². The largest absolute Gasteiger partial charge is 0.387 e. The Labute approximate surface area is 104 Å². The van der Waals surface area contributed by atoms with E-state index in [2.05, 4.69) is 19.2 Å². The van der Waals surface area contributed by atoms with Crippen molar-refractivity contribution in [2.24, 2.45) is 0 Å². The summed E-state index contributed by atoms with van der Waals surface area (Å²) in [5, 5.41) is 13.4. The van der Waals surface area contributed by atoms with Crippen LogP contribution in [-0.2, 0) is 0 Å². The summed E-state index contributed by atoms with van der Waals surface area (Å²) in [6, 6.07) is 10.3. The quantitative estimate of drug-likeness (QED) is 0.834. The average molecular weight is 244 g/mol. The topological polar surface area (TPSA) is 32.3 Å². The molecule has 0 radical (unpaired) electrons. The lowest BCUT2D eigenvalue weighted by atomic mass is 10.0. The molecular formula is C13H22ClNO. The number of aliphatic hydroxyl groups excluding tert-OH is 1. The normalized spacial score (nSPS) is 16.0. The molecule has 0 bridgehead atoms. The summed E-state index contributed by atoms with van der Waals surface area (Å²) < 4.78 is 0. The molecule has 92 valence electrons. The second-order valence-corrected chi connectivity index (χ2v) is 4.12. The fourth-order valence-corrected chi connectivity index (χ4v) is 1.60. The molecule has 0 spiro atoms. The Balaban J connectivity index is 0.00000225. The number of nitrogens with one attached hydrogen (secondary N) is 1. The van der Waals surface area contributed by atoms with E-state index in [0.717, 1.165) is 12.0 Å². The van der Waals surface area contributed by atoms with Crippen LogP contribution in [0.5, 0.6) is 0 Å². The fraction of sp³-hybridized carbons (Fsp3) is 0.538. The van der Waals surface area contributed by atoms with E-state index in [-0.39, 0.29) is 18.4 Å². The Hall–Kier alpha value is -0.570. The van der Waals surface area contributed by atoms with Gasteiger partial charge < -0.3 is 10.4 Å². The predicted octanol–water partition coefficient (Wildman–Crippen LogP) is 2.92. The highest BCUT2D eigenvalue weighted by Gasteiger charge is 2.16. The number of aliphatic hydroxyl groups is 1. The van der Waals surface area contributed by atoms with Gasteiger partial charge in [0.2, 0.25) is 0 Å². The molecule has 1 aromatic carbocycles. The maximum absolute atomic E-state index is 10.1. The average Bonchev–Trinajstić information content (AvgIpc) is 2.29. The van der Waals surface area contributed by atoms with Gasteiger partial charge >= 0.3 is 0 Å². The summed E-state index contributed by atoms with van der Waals surface area (Å²) in [6.45, 7) is 6.29. The molecular weight excluding hydrogens is 222 g/mol. The zero-order chi connectivity index (χ0) is 11.3. The van der Waals surface area contributed by atoms with Crippen molar-refractivity contribution in [3.8, 4) is 0 Å². The fourth-order valence-electron chi connectivity index (χ4n) is 1.60. The lowest BCUT2D eigenvalue weighted by Gasteiger charge is -2.24. The first kappa shape index (κ1) is 15.4. The maximum Gasteiger partial charge on any atom is 0.0940 e. The van der Waals surface area contributed by atoms with Crippen molar-refractivity contribution in [2.75, 3.05) is 0 Å². The summed E-state index contributed by atoms with van der Waals surface area (Å²) in [7, 11) is 0. The van der Waals surface area contributed by atoms with Crippen LogP contribution in [0.15, 0.2) is 30.3 Å². The Morgan fingerprint density at radius 3 is 2.25 bits per heavy atom. The Morgan fingerprint density at radius 2 is 1.75 bits per heavy atom. The van der Waals surface area contributed by atoms with Gasteiger partial charge in [-0.2, -0.15) is 0 Å². The number of halogens is 1. The summed E-state index contributed by atoms with van der Waals surface area (Å²) in [5.74, 6) is 0.